The molecule has 5 aliphatic rings. The van der Waals surface area contributed by atoms with Gasteiger partial charge in [0.2, 0.25) is 11.4 Å². The Bertz CT molecular complexity index is 4240. The smallest absolute Gasteiger partial charge is 0.270 e. The number of fused-ring (bicyclic) bond motifs is 9. The highest BCUT2D eigenvalue weighted by Crippen LogP contribution is 2.64. The molecule has 0 fully saturated rings. The van der Waals surface area contributed by atoms with E-state index in [1.54, 1.807) is 46.2 Å². The first kappa shape index (κ1) is 46.1. The van der Waals surface area contributed by atoms with Crippen LogP contribution in [0.25, 0.3) is 76.9 Å². The van der Waals surface area contributed by atoms with Crippen LogP contribution in [0.4, 0.5) is 22.7 Å². The Labute approximate surface area is 445 Å². The van der Waals surface area contributed by atoms with Gasteiger partial charge in [-0.3, -0.25) is 9.59 Å². The zero-order valence-corrected chi connectivity index (χ0v) is 43.4. The summed E-state index contributed by atoms with van der Waals surface area (Å²) >= 11 is 9.22. The van der Waals surface area contributed by atoms with Crippen molar-refractivity contribution in [1.82, 2.24) is 0 Å². The van der Waals surface area contributed by atoms with E-state index in [0.717, 1.165) is 76.8 Å². The summed E-state index contributed by atoms with van der Waals surface area (Å²) in [7, 11) is 0. The van der Waals surface area contributed by atoms with Crippen molar-refractivity contribution in [2.75, 3.05) is 0 Å². The van der Waals surface area contributed by atoms with Crippen LogP contribution in [-0.4, -0.2) is 11.6 Å². The first-order valence-corrected chi connectivity index (χ1v) is 26.8. The maximum Gasteiger partial charge on any atom is 0.270 e. The van der Waals surface area contributed by atoms with Crippen molar-refractivity contribution in [3.05, 3.63) is 171 Å². The van der Waals surface area contributed by atoms with Gasteiger partial charge < -0.3 is 0 Å². The predicted molar refractivity (Wildman–Crippen MR) is 290 cm³/mol. The van der Waals surface area contributed by atoms with Gasteiger partial charge in [-0.25, -0.2) is 19.8 Å². The van der Waals surface area contributed by atoms with Crippen molar-refractivity contribution in [2.24, 2.45) is 8.73 Å². The summed E-state index contributed by atoms with van der Waals surface area (Å²) in [6, 6.07) is 24.0. The van der Waals surface area contributed by atoms with Gasteiger partial charge in [-0.05, 0) is 94.1 Å². The summed E-state index contributed by atoms with van der Waals surface area (Å²) in [5, 5.41) is 49.4. The van der Waals surface area contributed by atoms with E-state index in [4.69, 9.17) is 28.4 Å². The first-order valence-electron chi connectivity index (χ1n) is 22.0. The van der Waals surface area contributed by atoms with Crippen LogP contribution in [0.15, 0.2) is 79.7 Å². The minimum absolute atomic E-state index is 0.0224. The van der Waals surface area contributed by atoms with Gasteiger partial charge in [-0.2, -0.15) is 29.8 Å². The van der Waals surface area contributed by atoms with E-state index in [-0.39, 0.29) is 72.8 Å². The zero-order valence-electron chi connectivity index (χ0n) is 38.5. The third kappa shape index (κ3) is 6.24. The van der Waals surface area contributed by atoms with Gasteiger partial charge >= 0.3 is 0 Å². The number of benzene rings is 2. The number of hydrogen-bond donors (Lipinski definition) is 0. The fourth-order valence-corrected chi connectivity index (χ4v) is 17.8. The van der Waals surface area contributed by atoms with Crippen LogP contribution in [0, 0.1) is 76.4 Å². The van der Waals surface area contributed by atoms with Gasteiger partial charge in [0.15, 0.2) is 11.6 Å². The zero-order chi connectivity index (χ0) is 51.9. The molecule has 0 amide bonds. The Morgan fingerprint density at radius 1 is 0.541 bits per heavy atom. The van der Waals surface area contributed by atoms with Crippen LogP contribution < -0.4 is 0 Å². The van der Waals surface area contributed by atoms with Gasteiger partial charge in [-0.1, -0.05) is 27.7 Å². The monoisotopic (exact) mass is 1060 g/mol. The number of carbonyl (C=O) groups excluding carboxylic acids is 2. The van der Waals surface area contributed by atoms with E-state index < -0.39 is 22.4 Å². The fourth-order valence-electron chi connectivity index (χ4n) is 10.3. The summed E-state index contributed by atoms with van der Waals surface area (Å²) in [5.41, 5.74) is 6.54. The topological polar surface area (TPSA) is 191 Å². The van der Waals surface area contributed by atoms with Crippen molar-refractivity contribution in [3.8, 4) is 69.4 Å². The summed E-state index contributed by atoms with van der Waals surface area (Å²) in [4.78, 5) is 48.3. The largest absolute Gasteiger partial charge is 0.289 e. The van der Waals surface area contributed by atoms with Crippen LogP contribution in [0.3, 0.4) is 0 Å². The SMILES string of the molecule is [C-]#[N+]/C(C#N)=C1/C(=C/c2cc3c(s2)-c2sc(-c4sc(-c5cc6c(s5)-c5sc(/C=C7\C(=O)c8cc([N+]#[C-])c(C#N)cc8C7=C(C#N)C#N)cc5C6(C)C)c5c4N=S=N5)cc2C3(C)C)C(=O)c2cc(C#N)c([N+]#[C-])cc21. The Morgan fingerprint density at radius 2 is 0.973 bits per heavy atom. The minimum atomic E-state index is -0.425. The van der Waals surface area contributed by atoms with Crippen LogP contribution in [0.1, 0.15) is 103 Å². The Morgan fingerprint density at radius 3 is 1.43 bits per heavy atom. The number of thiophene rings is 5. The average Bonchev–Trinajstić information content (AvgIpc) is 4.29. The highest BCUT2D eigenvalue weighted by molar-refractivity contribution is 7.58. The van der Waals surface area contributed by atoms with Crippen LogP contribution in [0.2, 0.25) is 0 Å². The highest BCUT2D eigenvalue weighted by Gasteiger charge is 2.43. The predicted octanol–water partition coefficient (Wildman–Crippen LogP) is 16.0. The number of Topliss-reactive ketones (excluding diaryl/α,β-unsaturated/α-hetero) is 2. The number of ketones is 2. The molecule has 0 saturated heterocycles. The minimum Gasteiger partial charge on any atom is -0.289 e. The second-order valence-corrected chi connectivity index (χ2v) is 24.3. The maximum atomic E-state index is 14.0. The average molecular weight is 1060 g/mol. The van der Waals surface area contributed by atoms with Crippen LogP contribution in [0.5, 0.6) is 0 Å². The van der Waals surface area contributed by atoms with E-state index in [1.807, 2.05) is 30.3 Å². The third-order valence-corrected chi connectivity index (χ3v) is 20.8. The molecule has 0 spiro atoms. The molecule has 0 unspecified atom stereocenters. The van der Waals surface area contributed by atoms with E-state index in [9.17, 15) is 35.9 Å². The molecule has 12 nitrogen and oxygen atoms in total. The molecule has 344 valence electrons. The van der Waals surface area contributed by atoms with Gasteiger partial charge in [0.25, 0.3) is 5.70 Å². The molecule has 74 heavy (non-hydrogen) atoms. The lowest BCUT2D eigenvalue weighted by Gasteiger charge is -2.19. The quantitative estimate of drug-likeness (QED) is 0.0951. The van der Waals surface area contributed by atoms with Crippen molar-refractivity contribution < 1.29 is 9.59 Å². The molecule has 0 saturated carbocycles. The second kappa shape index (κ2) is 16.2. The Balaban J connectivity index is 0.899. The molecule has 12 rings (SSSR count). The molecular formula is C56H22N10O2S6. The van der Waals surface area contributed by atoms with Crippen molar-refractivity contribution >= 4 is 126 Å². The summed E-state index contributed by atoms with van der Waals surface area (Å²) < 4.78 is 9.65. The normalized spacial score (nSPS) is 16.8. The van der Waals surface area contributed by atoms with E-state index in [1.165, 1.54) is 63.9 Å². The second-order valence-electron chi connectivity index (χ2n) is 18.4. The first-order chi connectivity index (χ1) is 35.6. The fraction of sp³-hybridized carbons (Fsp3) is 0.107. The molecule has 2 aromatic carbocycles. The molecule has 0 atom stereocenters. The van der Waals surface area contributed by atoms with Crippen molar-refractivity contribution in [1.29, 1.82) is 26.3 Å². The highest BCUT2D eigenvalue weighted by atomic mass is 32.1. The Kier molecular flexibility index (Phi) is 10.1. The van der Waals surface area contributed by atoms with Crippen LogP contribution >= 0.6 is 56.7 Å². The maximum absolute atomic E-state index is 14.0. The molecule has 0 bridgehead atoms. The van der Waals surface area contributed by atoms with Gasteiger partial charge in [-0.15, -0.1) is 56.7 Å². The Hall–Kier alpha value is -9.02. The summed E-state index contributed by atoms with van der Waals surface area (Å²) in [6.45, 7) is 31.6. The number of nitriles is 5. The number of allylic oxidation sites excluding steroid dienone is 6. The molecule has 7 aromatic rings. The van der Waals surface area contributed by atoms with E-state index in [0.29, 0.717) is 5.56 Å². The van der Waals surface area contributed by atoms with Crippen LogP contribution in [-0.2, 0) is 22.2 Å². The molecule has 1 aliphatic heterocycles. The summed E-state index contributed by atoms with van der Waals surface area (Å²) in [5.74, 6) is -0.844. The lowest BCUT2D eigenvalue weighted by atomic mass is 9.83. The molecule has 0 N–H and O–H groups in total. The number of nitrogens with zero attached hydrogens (tertiary/aromatic N) is 10. The number of carbonyl (C=O) groups is 2. The standard InChI is InChI=1S/C56H22N10O2S6/c1-55(2)34-12-26(10-32-43(25(20-59)21-60)28-8-23(18-57)39(63-6)15-31(28)48(32)68)69-49(34)51-36(55)16-41(71-51)53-45-46(66-74-65-45)54(73-53)42-17-37-52(72-42)50-35(56(37,3)4)13-27(70-50)11-33-44(40(22-61)64-7)29-14-38(62-5)24(19-58)9-30(29)47(33)67/h8-17H,1-4H3/b32-10-,33-11-,44-40+. The van der Waals surface area contributed by atoms with Crippen molar-refractivity contribution in [2.45, 2.75) is 38.5 Å². The van der Waals surface area contributed by atoms with E-state index in [2.05, 4.69) is 66.5 Å². The number of hydrogen-bond acceptors (Lipinski definition) is 14. The summed E-state index contributed by atoms with van der Waals surface area (Å²) in [6.07, 6.45) is 3.43. The third-order valence-electron chi connectivity index (χ3n) is 14.0. The lowest BCUT2D eigenvalue weighted by molar-refractivity contribution is 0.103. The molecular weight excluding hydrogens is 1040 g/mol. The van der Waals surface area contributed by atoms with Crippen molar-refractivity contribution in [3.63, 3.8) is 0 Å². The molecule has 4 aliphatic carbocycles. The molecule has 0 radical (unpaired) electrons. The molecule has 5 aromatic heterocycles. The lowest BCUT2D eigenvalue weighted by Crippen LogP contribution is -2.13. The van der Waals surface area contributed by atoms with Gasteiger partial charge in [0.05, 0.1) is 70.2 Å². The van der Waals surface area contributed by atoms with Gasteiger partial charge in [0.1, 0.15) is 29.1 Å². The van der Waals surface area contributed by atoms with E-state index >= 15 is 0 Å². The molecule has 6 heterocycles. The number of rotatable bonds is 4. The van der Waals surface area contributed by atoms with Gasteiger partial charge in [0, 0.05) is 83.3 Å². The molecule has 18 heteroatoms.